The van der Waals surface area contributed by atoms with Crippen molar-refractivity contribution in [1.82, 2.24) is 0 Å². The molecule has 0 bridgehead atoms. The van der Waals surface area contributed by atoms with Gasteiger partial charge in [-0.1, -0.05) is 15.9 Å². The maximum Gasteiger partial charge on any atom is 0.145 e. The summed E-state index contributed by atoms with van der Waals surface area (Å²) in [7, 11) is 3.29. The van der Waals surface area contributed by atoms with Crippen LogP contribution in [0, 0.1) is 6.92 Å². The minimum atomic E-state index is 0.691. The van der Waals surface area contributed by atoms with E-state index in [1.54, 1.807) is 14.2 Å². The number of alkyl halides is 1. The molecule has 0 unspecified atom stereocenters. The fourth-order valence-corrected chi connectivity index (χ4v) is 1.58. The maximum atomic E-state index is 5.26. The van der Waals surface area contributed by atoms with Gasteiger partial charge in [-0.15, -0.1) is 0 Å². The minimum absolute atomic E-state index is 0.691. The normalized spacial score (nSPS) is 9.71. The highest BCUT2D eigenvalue weighted by molar-refractivity contribution is 9.09. The first-order chi connectivity index (χ1) is 6.72. The minimum Gasteiger partial charge on any atom is -0.497 e. The monoisotopic (exact) mass is 259 g/mol. The summed E-state index contributed by atoms with van der Waals surface area (Å²) >= 11 is 3.32. The second kappa shape index (κ2) is 5.10. The number of benzene rings is 1. The molecule has 0 amide bonds. The van der Waals surface area contributed by atoms with Gasteiger partial charge in [0.15, 0.2) is 0 Å². The summed E-state index contributed by atoms with van der Waals surface area (Å²) in [4.78, 5) is 0. The van der Waals surface area contributed by atoms with Crippen LogP contribution in [-0.4, -0.2) is 19.7 Å². The Morgan fingerprint density at radius 2 is 2.00 bits per heavy atom. The highest BCUT2D eigenvalue weighted by Gasteiger charge is 2.07. The number of aryl methyl sites for hydroxylation is 1. The summed E-state index contributed by atoms with van der Waals surface area (Å²) in [6.45, 7) is 2.01. The van der Waals surface area contributed by atoms with E-state index in [4.69, 9.17) is 9.47 Å². The molecule has 0 aliphatic carbocycles. The largest absolute Gasteiger partial charge is 0.497 e. The maximum absolute atomic E-state index is 5.26. The van der Waals surface area contributed by atoms with E-state index in [1.807, 2.05) is 19.1 Å². The molecule has 14 heavy (non-hydrogen) atoms. The van der Waals surface area contributed by atoms with Crippen LogP contribution in [0.1, 0.15) is 5.56 Å². The molecule has 0 heterocycles. The van der Waals surface area contributed by atoms with Gasteiger partial charge < -0.3 is 14.8 Å². The van der Waals surface area contributed by atoms with Crippen LogP contribution >= 0.6 is 15.9 Å². The lowest BCUT2D eigenvalue weighted by molar-refractivity contribution is 0.395. The Kier molecular flexibility index (Phi) is 4.07. The highest BCUT2D eigenvalue weighted by atomic mass is 79.9. The Balaban J connectivity index is 3.13. The zero-order chi connectivity index (χ0) is 10.6. The molecule has 0 saturated heterocycles. The van der Waals surface area contributed by atoms with Gasteiger partial charge in [0.2, 0.25) is 0 Å². The molecule has 0 fully saturated rings. The number of nitrogens with one attached hydrogen (secondary N) is 1. The van der Waals surface area contributed by atoms with Gasteiger partial charge in [-0.2, -0.15) is 0 Å². The van der Waals surface area contributed by atoms with Crippen LogP contribution in [-0.2, 0) is 0 Å². The van der Waals surface area contributed by atoms with Crippen molar-refractivity contribution >= 4 is 21.6 Å². The Morgan fingerprint density at radius 3 is 2.50 bits per heavy atom. The summed E-state index contributed by atoms with van der Waals surface area (Å²) in [5.41, 5.74) is 2.78. The number of hydrogen-bond acceptors (Lipinski definition) is 3. The van der Waals surface area contributed by atoms with Crippen molar-refractivity contribution in [3.05, 3.63) is 17.7 Å². The van der Waals surface area contributed by atoms with E-state index in [9.17, 15) is 0 Å². The molecular formula is C10H14BrNO2. The van der Waals surface area contributed by atoms with Gasteiger partial charge in [0.25, 0.3) is 0 Å². The van der Waals surface area contributed by atoms with Crippen LogP contribution in [0.2, 0.25) is 0 Å². The third-order valence-electron chi connectivity index (χ3n) is 1.97. The van der Waals surface area contributed by atoms with Gasteiger partial charge in [0.1, 0.15) is 11.5 Å². The fraction of sp³-hybridized carbons (Fsp3) is 0.400. The standard InChI is InChI=1S/C10H14BrNO2/c1-7-4-8(13-2)5-9(14-3)10(7)12-6-11/h4-5,12H,6H2,1-3H3. The van der Waals surface area contributed by atoms with Crippen LogP contribution in [0.25, 0.3) is 0 Å². The number of ether oxygens (including phenoxy) is 2. The van der Waals surface area contributed by atoms with Gasteiger partial charge in [0, 0.05) is 6.07 Å². The van der Waals surface area contributed by atoms with Crippen molar-refractivity contribution in [2.24, 2.45) is 0 Å². The summed E-state index contributed by atoms with van der Waals surface area (Å²) in [5, 5.41) is 3.18. The van der Waals surface area contributed by atoms with Crippen LogP contribution in [0.5, 0.6) is 11.5 Å². The molecular weight excluding hydrogens is 246 g/mol. The lowest BCUT2D eigenvalue weighted by Crippen LogP contribution is -2.00. The molecule has 1 rings (SSSR count). The van der Waals surface area contributed by atoms with E-state index < -0.39 is 0 Å². The SMILES string of the molecule is COc1cc(C)c(NCBr)c(OC)c1. The summed E-state index contributed by atoms with van der Waals surface area (Å²) in [6.07, 6.45) is 0. The molecule has 3 nitrogen and oxygen atoms in total. The third-order valence-corrected chi connectivity index (χ3v) is 2.25. The van der Waals surface area contributed by atoms with E-state index >= 15 is 0 Å². The molecule has 0 atom stereocenters. The van der Waals surface area contributed by atoms with E-state index in [2.05, 4.69) is 21.2 Å². The average Bonchev–Trinajstić information content (AvgIpc) is 2.20. The van der Waals surface area contributed by atoms with E-state index in [-0.39, 0.29) is 0 Å². The number of methoxy groups -OCH3 is 2. The molecule has 0 aliphatic heterocycles. The average molecular weight is 260 g/mol. The van der Waals surface area contributed by atoms with Gasteiger partial charge in [-0.05, 0) is 18.6 Å². The van der Waals surface area contributed by atoms with E-state index in [0.29, 0.717) is 5.45 Å². The molecule has 0 aliphatic rings. The number of anilines is 1. The van der Waals surface area contributed by atoms with E-state index in [0.717, 1.165) is 22.7 Å². The lowest BCUT2D eigenvalue weighted by atomic mass is 10.1. The molecule has 0 spiro atoms. The third kappa shape index (κ3) is 2.32. The predicted octanol–water partition coefficient (Wildman–Crippen LogP) is 2.78. The molecule has 78 valence electrons. The lowest BCUT2D eigenvalue weighted by Gasteiger charge is -2.13. The first-order valence-corrected chi connectivity index (χ1v) is 5.37. The Hall–Kier alpha value is -0.900. The van der Waals surface area contributed by atoms with Crippen LogP contribution in [0.4, 0.5) is 5.69 Å². The van der Waals surface area contributed by atoms with Gasteiger partial charge in [-0.25, -0.2) is 0 Å². The molecule has 0 saturated carbocycles. The molecule has 0 aromatic heterocycles. The second-order valence-corrected chi connectivity index (χ2v) is 3.39. The molecule has 1 N–H and O–H groups in total. The Labute approximate surface area is 92.5 Å². The number of rotatable bonds is 4. The Morgan fingerprint density at radius 1 is 1.29 bits per heavy atom. The Bertz CT molecular complexity index is 315. The van der Waals surface area contributed by atoms with Crippen molar-refractivity contribution in [3.63, 3.8) is 0 Å². The summed E-state index contributed by atoms with van der Waals surface area (Å²) in [5.74, 6) is 1.60. The second-order valence-electron chi connectivity index (χ2n) is 2.83. The van der Waals surface area contributed by atoms with Gasteiger partial charge in [0.05, 0.1) is 25.4 Å². The molecule has 0 radical (unpaired) electrons. The van der Waals surface area contributed by atoms with Crippen LogP contribution in [0.3, 0.4) is 0 Å². The zero-order valence-electron chi connectivity index (χ0n) is 8.56. The fourth-order valence-electron chi connectivity index (χ4n) is 1.30. The topological polar surface area (TPSA) is 30.5 Å². The van der Waals surface area contributed by atoms with Crippen molar-refractivity contribution in [2.75, 3.05) is 25.0 Å². The van der Waals surface area contributed by atoms with Crippen LogP contribution in [0.15, 0.2) is 12.1 Å². The van der Waals surface area contributed by atoms with Crippen molar-refractivity contribution in [1.29, 1.82) is 0 Å². The van der Waals surface area contributed by atoms with Gasteiger partial charge in [-0.3, -0.25) is 0 Å². The number of halogens is 1. The first-order valence-electron chi connectivity index (χ1n) is 4.25. The predicted molar refractivity (Wildman–Crippen MR) is 61.7 cm³/mol. The molecule has 1 aromatic carbocycles. The van der Waals surface area contributed by atoms with Crippen molar-refractivity contribution in [2.45, 2.75) is 6.92 Å². The highest BCUT2D eigenvalue weighted by Crippen LogP contribution is 2.32. The van der Waals surface area contributed by atoms with Crippen molar-refractivity contribution < 1.29 is 9.47 Å². The van der Waals surface area contributed by atoms with E-state index in [1.165, 1.54) is 0 Å². The summed E-state index contributed by atoms with van der Waals surface area (Å²) < 4.78 is 10.4. The quantitative estimate of drug-likeness (QED) is 0.667. The van der Waals surface area contributed by atoms with Crippen LogP contribution < -0.4 is 14.8 Å². The first kappa shape index (κ1) is 11.2. The van der Waals surface area contributed by atoms with Crippen molar-refractivity contribution in [3.8, 4) is 11.5 Å². The molecule has 4 heteroatoms. The summed E-state index contributed by atoms with van der Waals surface area (Å²) in [6, 6.07) is 3.82. The smallest absolute Gasteiger partial charge is 0.145 e. The van der Waals surface area contributed by atoms with Gasteiger partial charge >= 0.3 is 0 Å². The zero-order valence-corrected chi connectivity index (χ0v) is 10.1. The number of hydrogen-bond donors (Lipinski definition) is 1. The molecule has 1 aromatic rings.